The van der Waals surface area contributed by atoms with Crippen molar-refractivity contribution in [2.24, 2.45) is 5.92 Å². The van der Waals surface area contributed by atoms with Gasteiger partial charge >= 0.3 is 6.09 Å². The number of nitrogens with zero attached hydrogens (tertiary/aromatic N) is 2. The minimum atomic E-state index is -1.07. The third-order valence-corrected chi connectivity index (χ3v) is 4.42. The maximum absolute atomic E-state index is 11.1. The molecule has 0 fully saturated rings. The summed E-state index contributed by atoms with van der Waals surface area (Å²) in [5, 5.41) is 35.6. The molecule has 2 aromatic carbocycles. The Morgan fingerprint density at radius 1 is 1.10 bits per heavy atom. The van der Waals surface area contributed by atoms with Crippen molar-refractivity contribution in [1.82, 2.24) is 15.3 Å². The number of carboxylic acid groups (broad SMARTS) is 1. The molecule has 0 aliphatic carbocycles. The molecule has 0 spiro atoms. The minimum Gasteiger partial charge on any atom is -0.508 e. The molecule has 3 aromatic rings. The molecule has 1 amide bonds. The van der Waals surface area contributed by atoms with E-state index in [2.05, 4.69) is 20.6 Å². The van der Waals surface area contributed by atoms with E-state index in [1.807, 2.05) is 38.1 Å². The van der Waals surface area contributed by atoms with Gasteiger partial charge in [-0.1, -0.05) is 26.0 Å². The lowest BCUT2D eigenvalue weighted by molar-refractivity contribution is 0.188. The van der Waals surface area contributed by atoms with Crippen molar-refractivity contribution in [1.29, 1.82) is 0 Å². The Balaban J connectivity index is 1.98. The van der Waals surface area contributed by atoms with Gasteiger partial charge in [-0.3, -0.25) is 0 Å². The fourth-order valence-electron chi connectivity index (χ4n) is 3.19. The predicted octanol–water partition coefficient (Wildman–Crippen LogP) is 3.80. The first kappa shape index (κ1) is 20.2. The highest BCUT2D eigenvalue weighted by Crippen LogP contribution is 2.32. The Morgan fingerprint density at radius 2 is 1.86 bits per heavy atom. The number of amides is 1. The second-order valence-electron chi connectivity index (χ2n) is 7.27. The molecule has 0 radical (unpaired) electrons. The zero-order valence-electron chi connectivity index (χ0n) is 16.3. The van der Waals surface area contributed by atoms with Crippen LogP contribution in [0.25, 0.3) is 22.3 Å². The van der Waals surface area contributed by atoms with Gasteiger partial charge in [-0.05, 0) is 42.7 Å². The van der Waals surface area contributed by atoms with Crippen LogP contribution in [0.4, 0.5) is 10.6 Å². The van der Waals surface area contributed by atoms with E-state index >= 15 is 0 Å². The molecule has 29 heavy (non-hydrogen) atoms. The van der Waals surface area contributed by atoms with E-state index in [1.54, 1.807) is 0 Å². The van der Waals surface area contributed by atoms with Crippen LogP contribution < -0.4 is 10.6 Å². The summed E-state index contributed by atoms with van der Waals surface area (Å²) >= 11 is 0. The third-order valence-electron chi connectivity index (χ3n) is 4.42. The van der Waals surface area contributed by atoms with Gasteiger partial charge in [-0.2, -0.15) is 0 Å². The summed E-state index contributed by atoms with van der Waals surface area (Å²) in [6.07, 6.45) is -0.405. The molecule has 8 nitrogen and oxygen atoms in total. The summed E-state index contributed by atoms with van der Waals surface area (Å²) in [6.45, 7) is 4.40. The van der Waals surface area contributed by atoms with Gasteiger partial charge in [-0.15, -0.1) is 0 Å². The van der Waals surface area contributed by atoms with Crippen LogP contribution >= 0.6 is 0 Å². The molecule has 1 aromatic heterocycles. The zero-order chi connectivity index (χ0) is 21.0. The van der Waals surface area contributed by atoms with E-state index in [1.165, 1.54) is 18.2 Å². The molecule has 152 valence electrons. The molecule has 0 aliphatic heterocycles. The molecule has 0 saturated carbocycles. The molecular weight excluding hydrogens is 372 g/mol. The summed E-state index contributed by atoms with van der Waals surface area (Å²) in [7, 11) is 0. The van der Waals surface area contributed by atoms with Crippen molar-refractivity contribution in [2.75, 3.05) is 11.9 Å². The van der Waals surface area contributed by atoms with E-state index < -0.39 is 6.09 Å². The van der Waals surface area contributed by atoms with E-state index in [0.29, 0.717) is 35.8 Å². The van der Waals surface area contributed by atoms with E-state index in [9.17, 15) is 15.0 Å². The Morgan fingerprint density at radius 3 is 2.59 bits per heavy atom. The number of hydrogen-bond donors (Lipinski definition) is 5. The van der Waals surface area contributed by atoms with Crippen LogP contribution in [0, 0.1) is 5.92 Å². The number of rotatable bonds is 7. The lowest BCUT2D eigenvalue weighted by Crippen LogP contribution is -2.39. The van der Waals surface area contributed by atoms with E-state index in [0.717, 1.165) is 5.39 Å². The topological polar surface area (TPSA) is 128 Å². The number of fused-ring (bicyclic) bond motifs is 1. The molecule has 8 heteroatoms. The monoisotopic (exact) mass is 396 g/mol. The van der Waals surface area contributed by atoms with Gasteiger partial charge in [0.25, 0.3) is 0 Å². The molecule has 3 rings (SSSR count). The summed E-state index contributed by atoms with van der Waals surface area (Å²) in [5.74, 6) is 1.04. The van der Waals surface area contributed by atoms with Crippen LogP contribution in [-0.2, 0) is 0 Å². The number of nitrogens with one attached hydrogen (secondary N) is 2. The SMILES string of the molecule is CC(C)C[C@H](CNc1nc(-c2cc(O)ccc2O)nc2ccccc12)NC(=O)O. The maximum Gasteiger partial charge on any atom is 0.404 e. The fourth-order valence-corrected chi connectivity index (χ4v) is 3.19. The lowest BCUT2D eigenvalue weighted by Gasteiger charge is -2.20. The number of hydrogen-bond acceptors (Lipinski definition) is 6. The van der Waals surface area contributed by atoms with Crippen LogP contribution in [-0.4, -0.2) is 44.0 Å². The van der Waals surface area contributed by atoms with Gasteiger partial charge in [0.1, 0.15) is 17.3 Å². The standard InChI is InChI=1S/C21H24N4O4/c1-12(2)9-13(23-21(28)29)11-22-19-15-5-3-4-6-17(15)24-20(25-19)16-10-14(26)7-8-18(16)27/h3-8,10,12-13,23,26-27H,9,11H2,1-2H3,(H,28,29)(H,22,24,25)/t13-/m1/s1. The van der Waals surface area contributed by atoms with Crippen LogP contribution in [0.1, 0.15) is 20.3 Å². The highest BCUT2D eigenvalue weighted by Gasteiger charge is 2.16. The number of benzene rings is 2. The van der Waals surface area contributed by atoms with E-state index in [-0.39, 0.29) is 23.4 Å². The zero-order valence-corrected chi connectivity index (χ0v) is 16.3. The van der Waals surface area contributed by atoms with Crippen molar-refractivity contribution in [3.8, 4) is 22.9 Å². The first-order valence-electron chi connectivity index (χ1n) is 9.36. The molecule has 0 aliphatic rings. The van der Waals surface area contributed by atoms with Gasteiger partial charge in [0.05, 0.1) is 11.1 Å². The molecule has 1 heterocycles. The van der Waals surface area contributed by atoms with Crippen molar-refractivity contribution in [3.63, 3.8) is 0 Å². The second-order valence-corrected chi connectivity index (χ2v) is 7.27. The van der Waals surface area contributed by atoms with Crippen molar-refractivity contribution < 1.29 is 20.1 Å². The summed E-state index contributed by atoms with van der Waals surface area (Å²) in [5.41, 5.74) is 0.968. The number of phenols is 2. The normalized spacial score (nSPS) is 12.1. The highest BCUT2D eigenvalue weighted by molar-refractivity contribution is 5.91. The summed E-state index contributed by atoms with van der Waals surface area (Å²) < 4.78 is 0. The molecule has 0 saturated heterocycles. The molecule has 5 N–H and O–H groups in total. The van der Waals surface area contributed by atoms with Gasteiger partial charge in [0, 0.05) is 18.0 Å². The Bertz CT molecular complexity index is 1020. The molecule has 0 unspecified atom stereocenters. The van der Waals surface area contributed by atoms with Crippen LogP contribution in [0.3, 0.4) is 0 Å². The average Bonchev–Trinajstić information content (AvgIpc) is 2.66. The highest BCUT2D eigenvalue weighted by atomic mass is 16.4. The number of carbonyl (C=O) groups is 1. The molecule has 0 bridgehead atoms. The summed E-state index contributed by atoms with van der Waals surface area (Å²) in [4.78, 5) is 20.1. The van der Waals surface area contributed by atoms with Gasteiger partial charge in [0.2, 0.25) is 0 Å². The Hall–Kier alpha value is -3.55. The van der Waals surface area contributed by atoms with Gasteiger partial charge in [0.15, 0.2) is 5.82 Å². The third kappa shape index (κ3) is 5.04. The largest absolute Gasteiger partial charge is 0.508 e. The fraction of sp³-hybridized carbons (Fsp3) is 0.286. The van der Waals surface area contributed by atoms with Crippen molar-refractivity contribution in [3.05, 3.63) is 42.5 Å². The number of anilines is 1. The average molecular weight is 396 g/mol. The maximum atomic E-state index is 11.1. The summed E-state index contributed by atoms with van der Waals surface area (Å²) in [6, 6.07) is 11.3. The second kappa shape index (κ2) is 8.64. The quantitative estimate of drug-likeness (QED) is 0.384. The van der Waals surface area contributed by atoms with Gasteiger partial charge in [-0.25, -0.2) is 14.8 Å². The van der Waals surface area contributed by atoms with Crippen molar-refractivity contribution >= 4 is 22.8 Å². The number of phenolic OH excluding ortho intramolecular Hbond substituents is 2. The predicted molar refractivity (Wildman–Crippen MR) is 111 cm³/mol. The van der Waals surface area contributed by atoms with Crippen LogP contribution in [0.2, 0.25) is 0 Å². The van der Waals surface area contributed by atoms with Crippen molar-refractivity contribution in [2.45, 2.75) is 26.3 Å². The number of aromatic nitrogens is 2. The first-order chi connectivity index (χ1) is 13.8. The molecular formula is C21H24N4O4. The van der Waals surface area contributed by atoms with Crippen LogP contribution in [0.15, 0.2) is 42.5 Å². The smallest absolute Gasteiger partial charge is 0.404 e. The number of aromatic hydroxyl groups is 2. The van der Waals surface area contributed by atoms with Gasteiger partial charge < -0.3 is 26.0 Å². The minimum absolute atomic E-state index is 0.00766. The lowest BCUT2D eigenvalue weighted by atomic mass is 10.0. The first-order valence-corrected chi connectivity index (χ1v) is 9.36. The van der Waals surface area contributed by atoms with Crippen LogP contribution in [0.5, 0.6) is 11.5 Å². The van der Waals surface area contributed by atoms with E-state index in [4.69, 9.17) is 5.11 Å². The Labute approximate surface area is 168 Å². The Kier molecular flexibility index (Phi) is 6.01. The number of para-hydroxylation sites is 1. The molecule has 1 atom stereocenters.